The van der Waals surface area contributed by atoms with E-state index in [1.165, 1.54) is 0 Å². The van der Waals surface area contributed by atoms with Gasteiger partial charge in [0, 0.05) is 17.3 Å². The highest BCUT2D eigenvalue weighted by Gasteiger charge is 2.40. The molecule has 6 nitrogen and oxygen atoms in total. The zero-order chi connectivity index (χ0) is 21.6. The molecule has 0 unspecified atom stereocenters. The number of nitrogens with one attached hydrogen (secondary N) is 2. The van der Waals surface area contributed by atoms with Crippen molar-refractivity contribution in [3.8, 4) is 11.5 Å². The molecular weight excluding hydrogens is 388 g/mol. The smallest absolute Gasteiger partial charge is 0.317 e. The summed E-state index contributed by atoms with van der Waals surface area (Å²) in [5.74, 6) is 0.352. The summed E-state index contributed by atoms with van der Waals surface area (Å²) in [6.07, 6.45) is 1.78. The molecule has 0 saturated carbocycles. The molecule has 7 heteroatoms. The van der Waals surface area contributed by atoms with Gasteiger partial charge in [-0.3, -0.25) is 4.79 Å². The molecule has 0 aliphatic carbocycles. The van der Waals surface area contributed by atoms with Crippen LogP contribution in [0.1, 0.15) is 59.1 Å². The van der Waals surface area contributed by atoms with E-state index in [0.29, 0.717) is 29.8 Å². The van der Waals surface area contributed by atoms with Crippen LogP contribution in [-0.4, -0.2) is 29.9 Å². The molecule has 1 saturated heterocycles. The largest absolute Gasteiger partial charge is 0.493 e. The van der Waals surface area contributed by atoms with Crippen LogP contribution in [-0.2, 0) is 9.53 Å². The van der Waals surface area contributed by atoms with Crippen LogP contribution in [0.3, 0.4) is 0 Å². The predicted octanol–water partition coefficient (Wildman–Crippen LogP) is 4.25. The maximum Gasteiger partial charge on any atom is 0.317 e. The number of carbonyl (C=O) groups excluding carboxylic acids is 1. The van der Waals surface area contributed by atoms with E-state index in [9.17, 15) is 4.79 Å². The number of thiocarbonyl (C=S) groups is 1. The summed E-state index contributed by atoms with van der Waals surface area (Å²) in [5.41, 5.74) is 0.697. The first-order chi connectivity index (χ1) is 13.7. The van der Waals surface area contributed by atoms with Crippen molar-refractivity contribution in [2.45, 2.75) is 59.1 Å². The van der Waals surface area contributed by atoms with E-state index in [-0.39, 0.29) is 5.97 Å². The lowest BCUT2D eigenvalue weighted by molar-refractivity contribution is -0.159. The third-order valence-corrected chi connectivity index (χ3v) is 4.40. The van der Waals surface area contributed by atoms with Crippen LogP contribution in [0.15, 0.2) is 30.5 Å². The Balaban J connectivity index is 2.43. The zero-order valence-electron chi connectivity index (χ0n) is 18.0. The topological polar surface area (TPSA) is 68.8 Å². The summed E-state index contributed by atoms with van der Waals surface area (Å²) in [6.45, 7) is 14.8. The Morgan fingerprint density at radius 1 is 1.17 bits per heavy atom. The van der Waals surface area contributed by atoms with Crippen LogP contribution < -0.4 is 20.1 Å². The van der Waals surface area contributed by atoms with E-state index in [4.69, 9.17) is 26.4 Å². The van der Waals surface area contributed by atoms with Gasteiger partial charge in [0.05, 0.1) is 19.3 Å². The minimum absolute atomic E-state index is 0.372. The molecule has 1 aliphatic rings. The van der Waals surface area contributed by atoms with Crippen molar-refractivity contribution in [1.82, 2.24) is 10.6 Å². The van der Waals surface area contributed by atoms with Gasteiger partial charge in [0.25, 0.3) is 0 Å². The third kappa shape index (κ3) is 6.35. The van der Waals surface area contributed by atoms with E-state index in [0.717, 1.165) is 24.2 Å². The SMILES string of the molecule is C=C1NC(=S)N[C@@H](c2ccc(OCCC)cc2OCCC)[C@@H]1C(=O)OC(C)(C)C. The molecule has 160 valence electrons. The molecule has 0 radical (unpaired) electrons. The molecule has 0 amide bonds. The number of benzene rings is 1. The fraction of sp³-hybridized carbons (Fsp3) is 0.545. The number of ether oxygens (including phenoxy) is 3. The first kappa shape index (κ1) is 23.0. The maximum absolute atomic E-state index is 13.0. The van der Waals surface area contributed by atoms with Crippen LogP contribution in [0.2, 0.25) is 0 Å². The van der Waals surface area contributed by atoms with Crippen molar-refractivity contribution in [2.75, 3.05) is 13.2 Å². The Labute approximate surface area is 179 Å². The molecule has 2 atom stereocenters. The second-order valence-electron chi connectivity index (χ2n) is 8.01. The van der Waals surface area contributed by atoms with E-state index < -0.39 is 17.6 Å². The quantitative estimate of drug-likeness (QED) is 0.481. The summed E-state index contributed by atoms with van der Waals surface area (Å²) in [7, 11) is 0. The number of carbonyl (C=O) groups is 1. The van der Waals surface area contributed by atoms with Crippen molar-refractivity contribution in [3.63, 3.8) is 0 Å². The first-order valence-corrected chi connectivity index (χ1v) is 10.5. The molecule has 0 aromatic heterocycles. The van der Waals surface area contributed by atoms with Gasteiger partial charge in [0.15, 0.2) is 5.11 Å². The van der Waals surface area contributed by atoms with Gasteiger partial charge in [-0.25, -0.2) is 0 Å². The number of hydrogen-bond acceptors (Lipinski definition) is 5. The lowest BCUT2D eigenvalue weighted by atomic mass is 9.88. The van der Waals surface area contributed by atoms with Crippen molar-refractivity contribution in [3.05, 3.63) is 36.0 Å². The Kier molecular flexibility index (Phi) is 7.90. The summed E-state index contributed by atoms with van der Waals surface area (Å²) in [4.78, 5) is 13.0. The lowest BCUT2D eigenvalue weighted by Gasteiger charge is -2.36. The number of esters is 1. The summed E-state index contributed by atoms with van der Waals surface area (Å²) in [6, 6.07) is 5.19. The lowest BCUT2D eigenvalue weighted by Crippen LogP contribution is -2.51. The van der Waals surface area contributed by atoms with Gasteiger partial charge < -0.3 is 24.8 Å². The fourth-order valence-corrected chi connectivity index (χ4v) is 3.26. The molecule has 1 aliphatic heterocycles. The normalized spacial score (nSPS) is 19.2. The van der Waals surface area contributed by atoms with E-state index in [1.54, 1.807) is 0 Å². The van der Waals surface area contributed by atoms with E-state index in [1.807, 2.05) is 45.9 Å². The highest BCUT2D eigenvalue weighted by molar-refractivity contribution is 7.80. The van der Waals surface area contributed by atoms with Gasteiger partial charge in [0.1, 0.15) is 23.0 Å². The van der Waals surface area contributed by atoms with Crippen molar-refractivity contribution < 1.29 is 19.0 Å². The summed E-state index contributed by atoms with van der Waals surface area (Å²) in [5, 5.41) is 6.56. The van der Waals surface area contributed by atoms with Crippen LogP contribution >= 0.6 is 12.2 Å². The molecule has 0 bridgehead atoms. The minimum Gasteiger partial charge on any atom is -0.493 e. The molecule has 0 spiro atoms. The van der Waals surface area contributed by atoms with Crippen LogP contribution in [0.5, 0.6) is 11.5 Å². The molecule has 1 aromatic rings. The predicted molar refractivity (Wildman–Crippen MR) is 118 cm³/mol. The Morgan fingerprint density at radius 2 is 1.83 bits per heavy atom. The van der Waals surface area contributed by atoms with Gasteiger partial charge in [0.2, 0.25) is 0 Å². The Bertz CT molecular complexity index is 758. The van der Waals surface area contributed by atoms with Crippen LogP contribution in [0.25, 0.3) is 0 Å². The molecule has 29 heavy (non-hydrogen) atoms. The van der Waals surface area contributed by atoms with Gasteiger partial charge in [-0.2, -0.15) is 0 Å². The maximum atomic E-state index is 13.0. The van der Waals surface area contributed by atoms with E-state index in [2.05, 4.69) is 24.1 Å². The highest BCUT2D eigenvalue weighted by Crippen LogP contribution is 2.38. The molecule has 1 aromatic carbocycles. The van der Waals surface area contributed by atoms with Gasteiger partial charge in [-0.1, -0.05) is 20.4 Å². The molecule has 1 fully saturated rings. The average molecular weight is 421 g/mol. The van der Waals surface area contributed by atoms with Gasteiger partial charge in [-0.05, 0) is 58.0 Å². The van der Waals surface area contributed by atoms with Crippen molar-refractivity contribution in [1.29, 1.82) is 0 Å². The summed E-state index contributed by atoms with van der Waals surface area (Å²) >= 11 is 5.32. The fourth-order valence-electron chi connectivity index (χ4n) is 3.00. The summed E-state index contributed by atoms with van der Waals surface area (Å²) < 4.78 is 17.4. The molecule has 1 heterocycles. The van der Waals surface area contributed by atoms with E-state index >= 15 is 0 Å². The zero-order valence-corrected chi connectivity index (χ0v) is 18.8. The Hall–Kier alpha value is -2.28. The van der Waals surface area contributed by atoms with Crippen molar-refractivity contribution in [2.24, 2.45) is 5.92 Å². The first-order valence-electron chi connectivity index (χ1n) is 10.0. The number of rotatable bonds is 8. The monoisotopic (exact) mass is 420 g/mol. The Morgan fingerprint density at radius 3 is 2.45 bits per heavy atom. The second kappa shape index (κ2) is 9.96. The number of hydrogen-bond donors (Lipinski definition) is 2. The van der Waals surface area contributed by atoms with Crippen LogP contribution in [0.4, 0.5) is 0 Å². The third-order valence-electron chi connectivity index (χ3n) is 4.18. The van der Waals surface area contributed by atoms with Crippen LogP contribution in [0, 0.1) is 5.92 Å². The molecule has 2 N–H and O–H groups in total. The second-order valence-corrected chi connectivity index (χ2v) is 8.42. The highest BCUT2D eigenvalue weighted by atomic mass is 32.1. The minimum atomic E-state index is -0.660. The molecule has 2 rings (SSSR count). The molecular formula is C22H32N2O4S. The standard InChI is InChI=1S/C22H32N2O4S/c1-7-11-26-15-9-10-16(17(13-15)27-12-8-2)19-18(14(3)23-21(29)24-19)20(25)28-22(4,5)6/h9-10,13,18-19H,3,7-8,11-12H2,1-2,4-6H3,(H2,23,24,29)/t18-,19+/m1/s1. The average Bonchev–Trinajstić information content (AvgIpc) is 2.62. The van der Waals surface area contributed by atoms with Gasteiger partial charge in [-0.15, -0.1) is 0 Å². The van der Waals surface area contributed by atoms with Crippen molar-refractivity contribution >= 4 is 23.3 Å². The van der Waals surface area contributed by atoms with Gasteiger partial charge >= 0.3 is 5.97 Å².